The molecule has 0 unspecified atom stereocenters. The summed E-state index contributed by atoms with van der Waals surface area (Å²) < 4.78 is 24.9. The first-order valence-electron chi connectivity index (χ1n) is 11.0. The summed E-state index contributed by atoms with van der Waals surface area (Å²) in [6, 6.07) is 18.6. The Bertz CT molecular complexity index is 1570. The second kappa shape index (κ2) is 8.53. The van der Waals surface area contributed by atoms with E-state index in [1.807, 2.05) is 36.4 Å². The van der Waals surface area contributed by atoms with Crippen LogP contribution in [0.2, 0.25) is 0 Å². The number of sulfone groups is 1. The van der Waals surface area contributed by atoms with Crippen molar-refractivity contribution in [1.82, 2.24) is 14.9 Å². The Kier molecular flexibility index (Phi) is 5.53. The minimum absolute atomic E-state index is 0.00588. The molecule has 0 aliphatic heterocycles. The Labute approximate surface area is 197 Å². The van der Waals surface area contributed by atoms with Crippen LogP contribution in [0.4, 0.5) is 0 Å². The highest BCUT2D eigenvalue weighted by molar-refractivity contribution is 7.89. The predicted molar refractivity (Wildman–Crippen MR) is 132 cm³/mol. The summed E-state index contributed by atoms with van der Waals surface area (Å²) >= 11 is 0. The highest BCUT2D eigenvalue weighted by Gasteiger charge is 2.26. The van der Waals surface area contributed by atoms with Crippen molar-refractivity contribution in [2.45, 2.75) is 24.6 Å². The molecule has 5 rings (SSSR count). The van der Waals surface area contributed by atoms with Gasteiger partial charge in [0.05, 0.1) is 11.1 Å². The fourth-order valence-electron chi connectivity index (χ4n) is 3.94. The molecule has 2 aromatic heterocycles. The molecule has 0 saturated heterocycles. The van der Waals surface area contributed by atoms with Gasteiger partial charge in [-0.1, -0.05) is 36.4 Å². The molecule has 1 saturated carbocycles. The lowest BCUT2D eigenvalue weighted by atomic mass is 10.0. The lowest BCUT2D eigenvalue weighted by Crippen LogP contribution is -2.31. The number of carbonyl (C=O) groups is 1. The highest BCUT2D eigenvalue weighted by Crippen LogP contribution is 2.25. The molecule has 4 aromatic rings. The van der Waals surface area contributed by atoms with E-state index in [0.29, 0.717) is 11.0 Å². The number of fused-ring (bicyclic) bond motifs is 1. The standard InChI is InChI=1S/C26H23N3O4S/c1-34(32,33)16-17-7-9-18(10-8-17)19-4-2-5-21(14-19)29-15-23(26(31)28-20-11-12-20)24(30)22-6-3-13-27-25(22)29/h2-10,13-15,20H,11-12,16H2,1H3,(H,28,31). The number of hydrogen-bond acceptors (Lipinski definition) is 5. The monoisotopic (exact) mass is 473 g/mol. The maximum absolute atomic E-state index is 13.0. The number of aromatic nitrogens is 2. The maximum Gasteiger partial charge on any atom is 0.257 e. The Morgan fingerprint density at radius 2 is 1.82 bits per heavy atom. The highest BCUT2D eigenvalue weighted by atomic mass is 32.2. The molecule has 0 bridgehead atoms. The van der Waals surface area contributed by atoms with Crippen LogP contribution in [0.5, 0.6) is 0 Å². The lowest BCUT2D eigenvalue weighted by molar-refractivity contribution is 0.0949. The molecule has 1 aliphatic rings. The van der Waals surface area contributed by atoms with Crippen molar-refractivity contribution in [2.75, 3.05) is 6.26 Å². The first kappa shape index (κ1) is 22.0. The first-order chi connectivity index (χ1) is 16.3. The molecule has 34 heavy (non-hydrogen) atoms. The third-order valence-corrected chi connectivity index (χ3v) is 6.62. The Balaban J connectivity index is 1.58. The van der Waals surface area contributed by atoms with Gasteiger partial charge in [-0.2, -0.15) is 0 Å². The maximum atomic E-state index is 13.0. The minimum Gasteiger partial charge on any atom is -0.349 e. The van der Waals surface area contributed by atoms with Crippen LogP contribution >= 0.6 is 0 Å². The number of hydrogen-bond donors (Lipinski definition) is 1. The summed E-state index contributed by atoms with van der Waals surface area (Å²) in [5.74, 6) is -0.377. The first-order valence-corrected chi connectivity index (χ1v) is 13.0. The van der Waals surface area contributed by atoms with E-state index in [1.165, 1.54) is 6.26 Å². The molecule has 1 fully saturated rings. The Hall–Kier alpha value is -3.78. The van der Waals surface area contributed by atoms with Gasteiger partial charge in [-0.05, 0) is 53.8 Å². The number of carbonyl (C=O) groups excluding carboxylic acids is 1. The fraction of sp³-hybridized carbons (Fsp3) is 0.192. The minimum atomic E-state index is -3.11. The molecular formula is C26H23N3O4S. The van der Waals surface area contributed by atoms with E-state index in [4.69, 9.17) is 0 Å². The molecule has 0 atom stereocenters. The van der Waals surface area contributed by atoms with Gasteiger partial charge in [-0.3, -0.25) is 9.59 Å². The zero-order chi connectivity index (χ0) is 23.9. The van der Waals surface area contributed by atoms with Crippen LogP contribution in [-0.2, 0) is 15.6 Å². The van der Waals surface area contributed by atoms with Crippen LogP contribution in [0.25, 0.3) is 27.8 Å². The lowest BCUT2D eigenvalue weighted by Gasteiger charge is -2.14. The van der Waals surface area contributed by atoms with Crippen molar-refractivity contribution < 1.29 is 13.2 Å². The molecule has 2 heterocycles. The zero-order valence-corrected chi connectivity index (χ0v) is 19.4. The summed E-state index contributed by atoms with van der Waals surface area (Å²) in [4.78, 5) is 30.2. The average molecular weight is 474 g/mol. The second-order valence-corrected chi connectivity index (χ2v) is 10.8. The number of pyridine rings is 2. The van der Waals surface area contributed by atoms with Gasteiger partial charge in [0.1, 0.15) is 11.2 Å². The van der Waals surface area contributed by atoms with Crippen molar-refractivity contribution in [3.05, 3.63) is 94.4 Å². The zero-order valence-electron chi connectivity index (χ0n) is 18.6. The number of benzene rings is 2. The molecule has 1 amide bonds. The molecule has 2 aromatic carbocycles. The van der Waals surface area contributed by atoms with Crippen LogP contribution in [0.3, 0.4) is 0 Å². The Morgan fingerprint density at radius 1 is 1.06 bits per heavy atom. The van der Waals surface area contributed by atoms with Crippen molar-refractivity contribution in [1.29, 1.82) is 0 Å². The molecular weight excluding hydrogens is 450 g/mol. The van der Waals surface area contributed by atoms with Crippen LogP contribution in [0.1, 0.15) is 28.8 Å². The molecule has 7 nitrogen and oxygen atoms in total. The third kappa shape index (κ3) is 4.63. The number of amides is 1. The van der Waals surface area contributed by atoms with Crippen LogP contribution in [0.15, 0.2) is 77.9 Å². The Morgan fingerprint density at radius 3 is 2.53 bits per heavy atom. The van der Waals surface area contributed by atoms with E-state index in [1.54, 1.807) is 41.2 Å². The number of nitrogens with zero attached hydrogens (tertiary/aromatic N) is 2. The van der Waals surface area contributed by atoms with Crippen LogP contribution < -0.4 is 10.7 Å². The van der Waals surface area contributed by atoms with Gasteiger partial charge in [-0.15, -0.1) is 0 Å². The van der Waals surface area contributed by atoms with Gasteiger partial charge in [-0.25, -0.2) is 13.4 Å². The van der Waals surface area contributed by atoms with Gasteiger partial charge in [0.15, 0.2) is 9.84 Å². The number of nitrogens with one attached hydrogen (secondary N) is 1. The van der Waals surface area contributed by atoms with Crippen molar-refractivity contribution in [2.24, 2.45) is 0 Å². The van der Waals surface area contributed by atoms with E-state index in [0.717, 1.165) is 35.2 Å². The molecule has 172 valence electrons. The quantitative estimate of drug-likeness (QED) is 0.462. The van der Waals surface area contributed by atoms with Gasteiger partial charge >= 0.3 is 0 Å². The largest absolute Gasteiger partial charge is 0.349 e. The van der Waals surface area contributed by atoms with E-state index in [-0.39, 0.29) is 28.7 Å². The fourth-order valence-corrected chi connectivity index (χ4v) is 4.74. The van der Waals surface area contributed by atoms with E-state index < -0.39 is 9.84 Å². The third-order valence-electron chi connectivity index (χ3n) is 5.76. The molecule has 1 N–H and O–H groups in total. The number of rotatable bonds is 6. The van der Waals surface area contributed by atoms with Crippen molar-refractivity contribution in [3.63, 3.8) is 0 Å². The smallest absolute Gasteiger partial charge is 0.257 e. The normalized spacial score (nSPS) is 13.7. The molecule has 0 spiro atoms. The summed E-state index contributed by atoms with van der Waals surface area (Å²) in [5, 5.41) is 3.27. The predicted octanol–water partition coefficient (Wildman–Crippen LogP) is 3.49. The van der Waals surface area contributed by atoms with Gasteiger partial charge in [0, 0.05) is 30.4 Å². The van der Waals surface area contributed by atoms with E-state index in [9.17, 15) is 18.0 Å². The summed E-state index contributed by atoms with van der Waals surface area (Å²) in [5.41, 5.74) is 3.53. The van der Waals surface area contributed by atoms with Gasteiger partial charge in [0.2, 0.25) is 5.43 Å². The van der Waals surface area contributed by atoms with E-state index >= 15 is 0 Å². The topological polar surface area (TPSA) is 98.1 Å². The summed E-state index contributed by atoms with van der Waals surface area (Å²) in [7, 11) is -3.11. The average Bonchev–Trinajstić information content (AvgIpc) is 3.63. The second-order valence-electron chi connectivity index (χ2n) is 8.68. The van der Waals surface area contributed by atoms with E-state index in [2.05, 4.69) is 10.3 Å². The summed E-state index contributed by atoms with van der Waals surface area (Å²) in [6.07, 6.45) is 6.25. The van der Waals surface area contributed by atoms with Crippen LogP contribution in [-0.4, -0.2) is 36.2 Å². The molecule has 1 aliphatic carbocycles. The van der Waals surface area contributed by atoms with Crippen LogP contribution in [0, 0.1) is 0 Å². The molecule has 0 radical (unpaired) electrons. The SMILES string of the molecule is CS(=O)(=O)Cc1ccc(-c2cccc(-n3cc(C(=O)NC4CC4)c(=O)c4cccnc43)c2)cc1. The van der Waals surface area contributed by atoms with Crippen molar-refractivity contribution >= 4 is 26.8 Å². The molecule has 8 heteroatoms. The summed E-state index contributed by atoms with van der Waals surface area (Å²) in [6.45, 7) is 0. The van der Waals surface area contributed by atoms with Gasteiger partial charge in [0.25, 0.3) is 5.91 Å². The van der Waals surface area contributed by atoms with Crippen molar-refractivity contribution in [3.8, 4) is 16.8 Å². The van der Waals surface area contributed by atoms with Gasteiger partial charge < -0.3 is 9.88 Å².